The second kappa shape index (κ2) is 11.9. The molecule has 0 spiro atoms. The zero-order chi connectivity index (χ0) is 9.78. The molecule has 0 aliphatic rings. The van der Waals surface area contributed by atoms with Crippen molar-refractivity contribution in [1.82, 2.24) is 5.32 Å². The molecule has 13 heavy (non-hydrogen) atoms. The number of unbranched alkanes of at least 4 members (excludes halogenated alkanes) is 1. The first-order valence-corrected chi connectivity index (χ1v) is 5.19. The molecule has 0 heterocycles. The number of nitrogens with one attached hydrogen (secondary N) is 1. The Morgan fingerprint density at radius 2 is 1.77 bits per heavy atom. The smallest absolute Gasteiger partial charge is 0.0587 e. The largest absolute Gasteiger partial charge is 0.383 e. The summed E-state index contributed by atoms with van der Waals surface area (Å²) in [5.74, 6) is 0. The lowest BCUT2D eigenvalue weighted by Crippen LogP contribution is -2.21. The fourth-order valence-corrected chi connectivity index (χ4v) is 0.947. The molecule has 3 heteroatoms. The van der Waals surface area contributed by atoms with Crippen LogP contribution in [-0.4, -0.2) is 40.0 Å². The summed E-state index contributed by atoms with van der Waals surface area (Å²) < 4.78 is 10.3. The standard InChI is InChI=1S/C10H23NO2/c1-3-4-8-13-9-5-6-11-7-10-12-2/h11H,3-10H2,1-2H3. The molecule has 0 unspecified atom stereocenters. The SMILES string of the molecule is CCCCOCCCNCCOC. The average Bonchev–Trinajstić information content (AvgIpc) is 2.16. The summed E-state index contributed by atoms with van der Waals surface area (Å²) in [6.07, 6.45) is 3.48. The second-order valence-corrected chi connectivity index (χ2v) is 3.06. The van der Waals surface area contributed by atoms with Crippen molar-refractivity contribution in [2.75, 3.05) is 40.0 Å². The summed E-state index contributed by atoms with van der Waals surface area (Å²) >= 11 is 0. The van der Waals surface area contributed by atoms with Gasteiger partial charge in [0.2, 0.25) is 0 Å². The van der Waals surface area contributed by atoms with Gasteiger partial charge in [0.1, 0.15) is 0 Å². The average molecular weight is 189 g/mol. The summed E-state index contributed by atoms with van der Waals surface area (Å²) in [6.45, 7) is 6.71. The van der Waals surface area contributed by atoms with E-state index in [1.807, 2.05) is 0 Å². The Morgan fingerprint density at radius 3 is 2.46 bits per heavy atom. The van der Waals surface area contributed by atoms with Crippen molar-refractivity contribution < 1.29 is 9.47 Å². The Morgan fingerprint density at radius 1 is 1.00 bits per heavy atom. The highest BCUT2D eigenvalue weighted by Crippen LogP contribution is 1.88. The minimum Gasteiger partial charge on any atom is -0.383 e. The van der Waals surface area contributed by atoms with Gasteiger partial charge in [-0.15, -0.1) is 0 Å². The van der Waals surface area contributed by atoms with Crippen LogP contribution in [0.1, 0.15) is 26.2 Å². The Balaban J connectivity index is 2.76. The van der Waals surface area contributed by atoms with E-state index in [4.69, 9.17) is 9.47 Å². The summed E-state index contributed by atoms with van der Waals surface area (Å²) in [5.41, 5.74) is 0. The maximum atomic E-state index is 5.41. The van der Waals surface area contributed by atoms with Crippen molar-refractivity contribution in [2.45, 2.75) is 26.2 Å². The quantitative estimate of drug-likeness (QED) is 0.527. The molecule has 80 valence electrons. The van der Waals surface area contributed by atoms with Crippen molar-refractivity contribution in [3.63, 3.8) is 0 Å². The number of ether oxygens (including phenoxy) is 2. The third kappa shape index (κ3) is 11.9. The van der Waals surface area contributed by atoms with E-state index in [1.54, 1.807) is 7.11 Å². The molecule has 0 aromatic heterocycles. The van der Waals surface area contributed by atoms with Crippen LogP contribution >= 0.6 is 0 Å². The van der Waals surface area contributed by atoms with Crippen LogP contribution in [-0.2, 0) is 9.47 Å². The Hall–Kier alpha value is -0.120. The second-order valence-electron chi connectivity index (χ2n) is 3.06. The first-order chi connectivity index (χ1) is 6.41. The van der Waals surface area contributed by atoms with Gasteiger partial charge in [0.05, 0.1) is 6.61 Å². The van der Waals surface area contributed by atoms with Crippen molar-refractivity contribution >= 4 is 0 Å². The monoisotopic (exact) mass is 189 g/mol. The summed E-state index contributed by atoms with van der Waals surface area (Å²) in [4.78, 5) is 0. The highest BCUT2D eigenvalue weighted by atomic mass is 16.5. The molecule has 0 aromatic carbocycles. The van der Waals surface area contributed by atoms with Gasteiger partial charge >= 0.3 is 0 Å². The van der Waals surface area contributed by atoms with Crippen molar-refractivity contribution in [3.05, 3.63) is 0 Å². The van der Waals surface area contributed by atoms with Crippen LogP contribution in [0.15, 0.2) is 0 Å². The van der Waals surface area contributed by atoms with Gasteiger partial charge in [0.15, 0.2) is 0 Å². The van der Waals surface area contributed by atoms with Crippen molar-refractivity contribution in [3.8, 4) is 0 Å². The Kier molecular flexibility index (Phi) is 11.8. The van der Waals surface area contributed by atoms with E-state index in [-0.39, 0.29) is 0 Å². The van der Waals surface area contributed by atoms with Crippen LogP contribution in [0.2, 0.25) is 0 Å². The molecule has 0 aliphatic heterocycles. The maximum absolute atomic E-state index is 5.41. The van der Waals surface area contributed by atoms with Gasteiger partial charge < -0.3 is 14.8 Å². The molecule has 0 fully saturated rings. The van der Waals surface area contributed by atoms with Gasteiger partial charge in [-0.1, -0.05) is 13.3 Å². The van der Waals surface area contributed by atoms with E-state index >= 15 is 0 Å². The van der Waals surface area contributed by atoms with E-state index in [2.05, 4.69) is 12.2 Å². The molecular formula is C10H23NO2. The molecule has 3 nitrogen and oxygen atoms in total. The number of hydrogen-bond acceptors (Lipinski definition) is 3. The van der Waals surface area contributed by atoms with E-state index in [9.17, 15) is 0 Å². The number of rotatable bonds is 10. The normalized spacial score (nSPS) is 10.6. The van der Waals surface area contributed by atoms with Crippen molar-refractivity contribution in [2.24, 2.45) is 0 Å². The van der Waals surface area contributed by atoms with Crippen molar-refractivity contribution in [1.29, 1.82) is 0 Å². The minimum absolute atomic E-state index is 0.788. The molecule has 0 aromatic rings. The van der Waals surface area contributed by atoms with Crippen LogP contribution in [0.4, 0.5) is 0 Å². The van der Waals surface area contributed by atoms with Crippen LogP contribution < -0.4 is 5.32 Å². The molecular weight excluding hydrogens is 166 g/mol. The predicted molar refractivity (Wildman–Crippen MR) is 55.1 cm³/mol. The lowest BCUT2D eigenvalue weighted by molar-refractivity contribution is 0.128. The molecule has 0 amide bonds. The Bertz CT molecular complexity index is 79.0. The van der Waals surface area contributed by atoms with E-state index in [0.29, 0.717) is 0 Å². The molecule has 0 saturated heterocycles. The maximum Gasteiger partial charge on any atom is 0.0587 e. The van der Waals surface area contributed by atoms with Crippen LogP contribution in [0, 0.1) is 0 Å². The molecule has 1 N–H and O–H groups in total. The molecule has 0 atom stereocenters. The predicted octanol–water partition coefficient (Wildman–Crippen LogP) is 1.43. The van der Waals surface area contributed by atoms with E-state index in [1.165, 1.54) is 12.8 Å². The zero-order valence-corrected chi connectivity index (χ0v) is 8.97. The molecule has 0 radical (unpaired) electrons. The van der Waals surface area contributed by atoms with Crippen LogP contribution in [0.3, 0.4) is 0 Å². The fourth-order valence-electron chi connectivity index (χ4n) is 0.947. The molecule has 0 bridgehead atoms. The zero-order valence-electron chi connectivity index (χ0n) is 8.97. The highest BCUT2D eigenvalue weighted by molar-refractivity contribution is 4.45. The lowest BCUT2D eigenvalue weighted by atomic mass is 10.4. The third-order valence-corrected chi connectivity index (χ3v) is 1.77. The summed E-state index contributed by atoms with van der Waals surface area (Å²) in [5, 5.41) is 3.27. The summed E-state index contributed by atoms with van der Waals surface area (Å²) in [7, 11) is 1.72. The molecule has 0 rings (SSSR count). The highest BCUT2D eigenvalue weighted by Gasteiger charge is 1.89. The van der Waals surface area contributed by atoms with E-state index in [0.717, 1.165) is 39.3 Å². The van der Waals surface area contributed by atoms with Gasteiger partial charge in [-0.25, -0.2) is 0 Å². The first kappa shape index (κ1) is 12.9. The topological polar surface area (TPSA) is 30.5 Å². The van der Waals surface area contributed by atoms with Crippen LogP contribution in [0.25, 0.3) is 0 Å². The van der Waals surface area contributed by atoms with Gasteiger partial charge in [0, 0.05) is 26.9 Å². The minimum atomic E-state index is 0.788. The lowest BCUT2D eigenvalue weighted by Gasteiger charge is -2.04. The molecule has 0 saturated carbocycles. The molecule has 0 aliphatic carbocycles. The van der Waals surface area contributed by atoms with Crippen LogP contribution in [0.5, 0.6) is 0 Å². The number of methoxy groups -OCH3 is 1. The first-order valence-electron chi connectivity index (χ1n) is 5.19. The van der Waals surface area contributed by atoms with Gasteiger partial charge in [0.25, 0.3) is 0 Å². The van der Waals surface area contributed by atoms with E-state index < -0.39 is 0 Å². The summed E-state index contributed by atoms with van der Waals surface area (Å²) in [6, 6.07) is 0. The third-order valence-electron chi connectivity index (χ3n) is 1.77. The van der Waals surface area contributed by atoms with Gasteiger partial charge in [-0.3, -0.25) is 0 Å². The van der Waals surface area contributed by atoms with Gasteiger partial charge in [-0.2, -0.15) is 0 Å². The number of hydrogen-bond donors (Lipinski definition) is 1. The fraction of sp³-hybridized carbons (Fsp3) is 1.00. The Labute approximate surface area is 81.8 Å². The van der Waals surface area contributed by atoms with Gasteiger partial charge in [-0.05, 0) is 19.4 Å².